The molecule has 0 bridgehead atoms. The molecule has 2 amide bonds. The number of thiophene rings is 1. The lowest BCUT2D eigenvalue weighted by Gasteiger charge is -2.17. The first kappa shape index (κ1) is 23.1. The molecule has 0 radical (unpaired) electrons. The molecular formula is C25H23N3O5S. The van der Waals surface area contributed by atoms with Crippen LogP contribution in [0.3, 0.4) is 0 Å². The van der Waals surface area contributed by atoms with Gasteiger partial charge in [-0.1, -0.05) is 36.4 Å². The minimum absolute atomic E-state index is 0.202. The van der Waals surface area contributed by atoms with Gasteiger partial charge in [-0.25, -0.2) is 4.79 Å². The van der Waals surface area contributed by atoms with Crippen LogP contribution in [0.4, 0.5) is 5.69 Å². The number of fused-ring (bicyclic) bond motifs is 1. The van der Waals surface area contributed by atoms with Crippen molar-refractivity contribution in [1.82, 2.24) is 10.3 Å². The second-order valence-electron chi connectivity index (χ2n) is 7.42. The number of amides is 2. The first-order valence-electron chi connectivity index (χ1n) is 10.5. The Kier molecular flexibility index (Phi) is 7.24. The highest BCUT2D eigenvalue weighted by Crippen LogP contribution is 2.23. The van der Waals surface area contributed by atoms with E-state index in [0.717, 1.165) is 16.5 Å². The summed E-state index contributed by atoms with van der Waals surface area (Å²) in [4.78, 5) is 41.6. The molecule has 0 aliphatic heterocycles. The molecule has 174 valence electrons. The third-order valence-corrected chi connectivity index (χ3v) is 6.03. The van der Waals surface area contributed by atoms with E-state index in [1.807, 2.05) is 24.3 Å². The fraction of sp³-hybridized carbons (Fsp3) is 0.160. The zero-order valence-corrected chi connectivity index (χ0v) is 19.2. The smallest absolute Gasteiger partial charge is 0.329 e. The van der Waals surface area contributed by atoms with Crippen LogP contribution in [0, 0.1) is 0 Å². The molecule has 8 nitrogen and oxygen atoms in total. The third kappa shape index (κ3) is 5.44. The summed E-state index contributed by atoms with van der Waals surface area (Å²) < 4.78 is 10.5. The number of rotatable bonds is 9. The van der Waals surface area contributed by atoms with E-state index in [-0.39, 0.29) is 12.3 Å². The van der Waals surface area contributed by atoms with Gasteiger partial charge in [0.25, 0.3) is 11.8 Å². The molecule has 34 heavy (non-hydrogen) atoms. The fourth-order valence-corrected chi connectivity index (χ4v) is 4.15. The number of methoxy groups -OCH3 is 1. The number of carbonyl (C=O) groups is 3. The Bertz CT molecular complexity index is 1300. The molecule has 4 aromatic rings. The van der Waals surface area contributed by atoms with Gasteiger partial charge in [0.2, 0.25) is 0 Å². The Morgan fingerprint density at radius 1 is 1.03 bits per heavy atom. The normalized spacial score (nSPS) is 11.6. The summed E-state index contributed by atoms with van der Waals surface area (Å²) in [6.45, 7) is -0.504. The molecule has 1 unspecified atom stereocenters. The van der Waals surface area contributed by atoms with E-state index in [9.17, 15) is 14.4 Å². The highest BCUT2D eigenvalue weighted by atomic mass is 32.1. The molecule has 2 aromatic heterocycles. The first-order chi connectivity index (χ1) is 16.5. The van der Waals surface area contributed by atoms with E-state index in [0.29, 0.717) is 16.3 Å². The molecule has 9 heteroatoms. The van der Waals surface area contributed by atoms with Crippen LogP contribution >= 0.6 is 11.3 Å². The molecule has 0 spiro atoms. The Labute approximate surface area is 199 Å². The van der Waals surface area contributed by atoms with Crippen molar-refractivity contribution in [3.63, 3.8) is 0 Å². The quantitative estimate of drug-likeness (QED) is 0.318. The number of nitrogens with one attached hydrogen (secondary N) is 3. The average Bonchev–Trinajstić information content (AvgIpc) is 3.53. The maximum absolute atomic E-state index is 12.9. The largest absolute Gasteiger partial charge is 0.495 e. The molecule has 1 atom stereocenters. The SMILES string of the molecule is COc1ccccc1NC(=O)COC(=O)C(Cc1c[nH]c2ccccc12)NC(=O)c1cccs1. The van der Waals surface area contributed by atoms with Crippen molar-refractivity contribution in [2.24, 2.45) is 0 Å². The van der Waals surface area contributed by atoms with Crippen LogP contribution in [0.5, 0.6) is 5.75 Å². The number of H-pyrrole nitrogens is 1. The van der Waals surface area contributed by atoms with Crippen LogP contribution in [-0.4, -0.2) is 42.5 Å². The topological polar surface area (TPSA) is 110 Å². The van der Waals surface area contributed by atoms with Gasteiger partial charge in [-0.2, -0.15) is 0 Å². The minimum Gasteiger partial charge on any atom is -0.495 e. The van der Waals surface area contributed by atoms with Gasteiger partial charge in [0.05, 0.1) is 17.7 Å². The van der Waals surface area contributed by atoms with E-state index in [4.69, 9.17) is 9.47 Å². The van der Waals surface area contributed by atoms with Gasteiger partial charge in [-0.15, -0.1) is 11.3 Å². The van der Waals surface area contributed by atoms with Gasteiger partial charge >= 0.3 is 5.97 Å². The van der Waals surface area contributed by atoms with Crippen molar-refractivity contribution < 1.29 is 23.9 Å². The van der Waals surface area contributed by atoms with Crippen molar-refractivity contribution in [2.75, 3.05) is 19.0 Å². The summed E-state index contributed by atoms with van der Waals surface area (Å²) in [6.07, 6.45) is 2.00. The van der Waals surface area contributed by atoms with Crippen molar-refractivity contribution >= 4 is 45.7 Å². The van der Waals surface area contributed by atoms with Crippen molar-refractivity contribution in [1.29, 1.82) is 0 Å². The number of anilines is 1. The number of carbonyl (C=O) groups excluding carboxylic acids is 3. The molecule has 2 heterocycles. The molecule has 0 saturated heterocycles. The van der Waals surface area contributed by atoms with Gasteiger partial charge in [-0.3, -0.25) is 9.59 Å². The summed E-state index contributed by atoms with van der Waals surface area (Å²) in [5.41, 5.74) is 2.24. The molecule has 0 fully saturated rings. The number of para-hydroxylation sites is 3. The minimum atomic E-state index is -0.979. The number of aromatic amines is 1. The predicted octanol–water partition coefficient (Wildman–Crippen LogP) is 3.76. The standard InChI is InChI=1S/C25H23N3O5S/c1-32-21-10-5-4-9-19(21)27-23(29)15-33-25(31)20(28-24(30)22-11-6-12-34-22)13-16-14-26-18-8-3-2-7-17(16)18/h2-12,14,20,26H,13,15H2,1H3,(H,27,29)(H,28,30). The molecule has 3 N–H and O–H groups in total. The number of hydrogen-bond acceptors (Lipinski definition) is 6. The van der Waals surface area contributed by atoms with E-state index < -0.39 is 24.5 Å². The summed E-state index contributed by atoms with van der Waals surface area (Å²) in [7, 11) is 1.50. The number of aromatic nitrogens is 1. The molecule has 0 aliphatic rings. The summed E-state index contributed by atoms with van der Waals surface area (Å²) >= 11 is 1.27. The summed E-state index contributed by atoms with van der Waals surface area (Å²) in [5.74, 6) is -1.11. The van der Waals surface area contributed by atoms with Crippen LogP contribution in [0.15, 0.2) is 72.2 Å². The monoisotopic (exact) mass is 477 g/mol. The average molecular weight is 478 g/mol. The fourth-order valence-electron chi connectivity index (χ4n) is 3.52. The molecule has 0 aliphatic carbocycles. The predicted molar refractivity (Wildman–Crippen MR) is 130 cm³/mol. The highest BCUT2D eigenvalue weighted by Gasteiger charge is 2.26. The Hall–Kier alpha value is -4.11. The molecule has 4 rings (SSSR count). The summed E-state index contributed by atoms with van der Waals surface area (Å²) in [6, 6.07) is 17.0. The second kappa shape index (κ2) is 10.7. The Morgan fingerprint density at radius 2 is 1.82 bits per heavy atom. The summed E-state index contributed by atoms with van der Waals surface area (Å²) in [5, 5.41) is 8.13. The molecular weight excluding hydrogens is 454 g/mol. The number of esters is 1. The van der Waals surface area contributed by atoms with Crippen molar-refractivity contribution in [3.05, 3.63) is 82.7 Å². The second-order valence-corrected chi connectivity index (χ2v) is 8.37. The number of ether oxygens (including phenoxy) is 2. The third-order valence-electron chi connectivity index (χ3n) is 5.16. The van der Waals surface area contributed by atoms with Crippen LogP contribution in [0.1, 0.15) is 15.2 Å². The lowest BCUT2D eigenvalue weighted by molar-refractivity contribution is -0.149. The Morgan fingerprint density at radius 3 is 2.62 bits per heavy atom. The van der Waals surface area contributed by atoms with Gasteiger partial charge in [-0.05, 0) is 35.2 Å². The van der Waals surface area contributed by atoms with E-state index in [2.05, 4.69) is 15.6 Å². The number of hydrogen-bond donors (Lipinski definition) is 3. The van der Waals surface area contributed by atoms with Crippen LogP contribution in [-0.2, 0) is 20.7 Å². The number of benzene rings is 2. The van der Waals surface area contributed by atoms with Gasteiger partial charge in [0.1, 0.15) is 11.8 Å². The lowest BCUT2D eigenvalue weighted by Crippen LogP contribution is -2.43. The molecule has 0 saturated carbocycles. The molecule has 2 aromatic carbocycles. The highest BCUT2D eigenvalue weighted by molar-refractivity contribution is 7.12. The van der Waals surface area contributed by atoms with Crippen LogP contribution in [0.2, 0.25) is 0 Å². The zero-order valence-electron chi connectivity index (χ0n) is 18.4. The lowest BCUT2D eigenvalue weighted by atomic mass is 10.0. The van der Waals surface area contributed by atoms with Crippen molar-refractivity contribution in [3.8, 4) is 5.75 Å². The van der Waals surface area contributed by atoms with Crippen LogP contribution in [0.25, 0.3) is 10.9 Å². The van der Waals surface area contributed by atoms with E-state index in [1.165, 1.54) is 18.4 Å². The maximum Gasteiger partial charge on any atom is 0.329 e. The first-order valence-corrected chi connectivity index (χ1v) is 11.4. The van der Waals surface area contributed by atoms with Gasteiger partial charge < -0.3 is 25.1 Å². The van der Waals surface area contributed by atoms with Gasteiger partial charge in [0, 0.05) is 23.5 Å². The maximum atomic E-state index is 12.9. The van der Waals surface area contributed by atoms with Crippen LogP contribution < -0.4 is 15.4 Å². The zero-order chi connectivity index (χ0) is 23.9. The Balaban J connectivity index is 1.45. The van der Waals surface area contributed by atoms with Gasteiger partial charge in [0.15, 0.2) is 6.61 Å². The van der Waals surface area contributed by atoms with E-state index in [1.54, 1.807) is 48.0 Å². The van der Waals surface area contributed by atoms with E-state index >= 15 is 0 Å². The van der Waals surface area contributed by atoms with Crippen molar-refractivity contribution in [2.45, 2.75) is 12.5 Å².